The van der Waals surface area contributed by atoms with Crippen LogP contribution in [0.15, 0.2) is 37.2 Å². The predicted octanol–water partition coefficient (Wildman–Crippen LogP) is 8.65. The van der Waals surface area contributed by atoms with Crippen molar-refractivity contribution in [2.75, 3.05) is 0 Å². The average molecular weight is 892 g/mol. The van der Waals surface area contributed by atoms with Crippen molar-refractivity contribution in [3.05, 3.63) is 37.2 Å². The summed E-state index contributed by atoms with van der Waals surface area (Å²) in [7, 11) is 0. The summed E-state index contributed by atoms with van der Waals surface area (Å²) in [5.74, 6) is -63.6. The average Bonchev–Trinajstić information content (AvgIpc) is 2.98. The smallest absolute Gasteiger partial charge is 0.409 e. The second-order valence-corrected chi connectivity index (χ2v) is 10.3. The molecular weight excluding hydrogens is 883 g/mol. The van der Waals surface area contributed by atoms with E-state index in [0.717, 1.165) is 14.8 Å². The second kappa shape index (κ2) is 14.0. The number of carboxylic acid groups (broad SMARTS) is 3. The molecular formula is C22H9F25O9. The molecule has 0 radical (unpaired) electrons. The van der Waals surface area contributed by atoms with Crippen LogP contribution in [-0.4, -0.2) is 92.8 Å². The zero-order valence-corrected chi connectivity index (χ0v) is 24.9. The van der Waals surface area contributed by atoms with E-state index in [-0.39, 0.29) is 0 Å². The van der Waals surface area contributed by atoms with Crippen molar-refractivity contribution in [2.45, 2.75) is 59.5 Å². The van der Waals surface area contributed by atoms with Gasteiger partial charge < -0.3 is 15.3 Å². The van der Waals surface area contributed by atoms with Crippen LogP contribution in [0, 0.1) is 16.2 Å². The Kier molecular flexibility index (Phi) is 12.9. The van der Waals surface area contributed by atoms with Gasteiger partial charge in [-0.25, -0.2) is 71.5 Å². The zero-order chi connectivity index (χ0) is 46.1. The molecule has 4 saturated carbocycles. The van der Waals surface area contributed by atoms with Gasteiger partial charge in [0.15, 0.2) is 0 Å². The highest BCUT2D eigenvalue weighted by Gasteiger charge is 3.28. The Balaban J connectivity index is 0.00000139. The van der Waals surface area contributed by atoms with Gasteiger partial charge in [0.2, 0.25) is 17.5 Å². The van der Waals surface area contributed by atoms with E-state index in [1.54, 1.807) is 0 Å². The molecule has 0 aliphatic heterocycles. The van der Waals surface area contributed by atoms with Gasteiger partial charge in [-0.15, -0.1) is 14.8 Å². The van der Waals surface area contributed by atoms with E-state index >= 15 is 30.7 Å². The molecule has 326 valence electrons. The van der Waals surface area contributed by atoms with E-state index < -0.39 is 111 Å². The Hall–Kier alpha value is -4.24. The monoisotopic (exact) mass is 892 g/mol. The molecule has 34 heteroatoms. The van der Waals surface area contributed by atoms with Crippen LogP contribution in [0.5, 0.6) is 0 Å². The first-order valence-corrected chi connectivity index (χ1v) is 12.1. The number of aliphatic carboxylic acids is 3. The molecule has 9 nitrogen and oxygen atoms in total. The molecule has 4 rings (SSSR count). The van der Waals surface area contributed by atoms with Crippen molar-refractivity contribution in [2.24, 2.45) is 16.2 Å². The predicted molar refractivity (Wildman–Crippen MR) is 116 cm³/mol. The van der Waals surface area contributed by atoms with Crippen molar-refractivity contribution in [1.82, 2.24) is 0 Å². The summed E-state index contributed by atoms with van der Waals surface area (Å²) in [4.78, 5) is 30.5. The van der Waals surface area contributed by atoms with E-state index in [9.17, 15) is 93.8 Å². The van der Waals surface area contributed by atoms with Crippen molar-refractivity contribution in [3.63, 3.8) is 0 Å². The standard InChI is InChI=1S/C13F22O3.3C3H3FO2/c14-4-8(21,22)1(11(27,28)36-33)5(15,16)2(9(4,23)24,12(29,30)37-34)7(19,20)3(6(1,17)18,10(4,25)26)13(31,32)38-35;3*1-2(4)3(5)6/h;3*1H2,(H,5,6). The zero-order valence-electron chi connectivity index (χ0n) is 24.9. The highest BCUT2D eigenvalue weighted by Crippen LogP contribution is 2.98. The molecule has 0 aromatic heterocycles. The van der Waals surface area contributed by atoms with E-state index in [2.05, 4.69) is 19.7 Å². The summed E-state index contributed by atoms with van der Waals surface area (Å²) in [5, 5.41) is 22.5. The molecule has 4 fully saturated rings. The van der Waals surface area contributed by atoms with Gasteiger partial charge in [0.05, 0.1) is 0 Å². The maximum atomic E-state index is 15.2. The third-order valence-electron chi connectivity index (χ3n) is 7.83. The van der Waals surface area contributed by atoms with Gasteiger partial charge in [-0.2, -0.15) is 39.5 Å². The first-order chi connectivity index (χ1) is 24.4. The lowest BCUT2D eigenvalue weighted by Crippen LogP contribution is -3.09. The summed E-state index contributed by atoms with van der Waals surface area (Å²) < 4.78 is 350. The van der Waals surface area contributed by atoms with Gasteiger partial charge in [-0.05, 0) is 13.6 Å². The van der Waals surface area contributed by atoms with E-state index in [4.69, 9.17) is 15.3 Å². The van der Waals surface area contributed by atoms with Crippen LogP contribution >= 0.6 is 0 Å². The van der Waals surface area contributed by atoms with Crippen molar-refractivity contribution < 1.29 is 155 Å². The number of hydrogen-bond donors (Lipinski definition) is 3. The van der Waals surface area contributed by atoms with Crippen molar-refractivity contribution in [3.8, 4) is 0 Å². The fourth-order valence-electron chi connectivity index (χ4n) is 5.80. The lowest BCUT2D eigenvalue weighted by molar-refractivity contribution is -0.703. The number of halogens is 25. The minimum atomic E-state index is -9.23. The minimum absolute atomic E-state index is 0.928. The van der Waals surface area contributed by atoms with Crippen LogP contribution in [-0.2, 0) is 29.2 Å². The van der Waals surface area contributed by atoms with E-state index in [0.29, 0.717) is 0 Å². The highest BCUT2D eigenvalue weighted by molar-refractivity contribution is 5.83. The fourth-order valence-corrected chi connectivity index (χ4v) is 5.80. The number of carbonyl (C=O) groups is 3. The third-order valence-corrected chi connectivity index (χ3v) is 7.83. The lowest BCUT2D eigenvalue weighted by Gasteiger charge is -2.79. The molecule has 0 spiro atoms. The molecule has 4 aliphatic carbocycles. The molecule has 0 aromatic rings. The Morgan fingerprint density at radius 1 is 0.393 bits per heavy atom. The lowest BCUT2D eigenvalue weighted by atomic mass is 9.28. The molecule has 0 aromatic carbocycles. The molecule has 0 atom stereocenters. The normalized spacial score (nSPS) is 30.8. The third kappa shape index (κ3) is 5.14. The topological polar surface area (TPSA) is 140 Å². The Morgan fingerprint density at radius 2 is 0.518 bits per heavy atom. The summed E-state index contributed by atoms with van der Waals surface area (Å²) in [5.41, 5.74) is -36.3. The molecule has 0 unspecified atom stereocenters. The number of rotatable bonds is 9. The van der Waals surface area contributed by atoms with Gasteiger partial charge >= 0.3 is 59.7 Å². The van der Waals surface area contributed by atoms with Gasteiger partial charge in [0.1, 0.15) is 0 Å². The number of alkyl halides is 19. The Bertz CT molecular complexity index is 1380. The summed E-state index contributed by atoms with van der Waals surface area (Å²) >= 11 is 0. The molecule has 0 amide bonds. The number of hydrogen-bond acceptors (Lipinski definition) is 6. The fraction of sp³-hybridized carbons (Fsp3) is 0.591. The van der Waals surface area contributed by atoms with Crippen LogP contribution < -0.4 is 0 Å². The molecule has 0 heterocycles. The van der Waals surface area contributed by atoms with E-state index in [1.807, 2.05) is 0 Å². The minimum Gasteiger partial charge on any atom is -0.476 e. The maximum Gasteiger partial charge on any atom is 0.409 e. The molecule has 56 heavy (non-hydrogen) atoms. The largest absolute Gasteiger partial charge is 0.476 e. The Labute approximate surface area is 286 Å². The van der Waals surface area contributed by atoms with Crippen LogP contribution in [0.2, 0.25) is 0 Å². The first-order valence-electron chi connectivity index (χ1n) is 12.1. The van der Waals surface area contributed by atoms with E-state index in [1.165, 1.54) is 0 Å². The molecule has 0 saturated heterocycles. The van der Waals surface area contributed by atoms with Crippen molar-refractivity contribution in [1.29, 1.82) is 0 Å². The van der Waals surface area contributed by atoms with Gasteiger partial charge in [-0.3, -0.25) is 0 Å². The highest BCUT2D eigenvalue weighted by atomic mass is 19.4. The van der Waals surface area contributed by atoms with Crippen LogP contribution in [0.4, 0.5) is 110 Å². The van der Waals surface area contributed by atoms with Gasteiger partial charge in [0, 0.05) is 0 Å². The molecule has 3 N–H and O–H groups in total. The van der Waals surface area contributed by atoms with Crippen molar-refractivity contribution >= 4 is 17.9 Å². The quantitative estimate of drug-likeness (QED) is 0.153. The first kappa shape index (κ1) is 51.8. The maximum absolute atomic E-state index is 15.2. The molecule has 4 aliphatic rings. The summed E-state index contributed by atoms with van der Waals surface area (Å²) in [6, 6.07) is 0. The van der Waals surface area contributed by atoms with Gasteiger partial charge in [0.25, 0.3) is 34.0 Å². The molecule has 4 bridgehead atoms. The van der Waals surface area contributed by atoms with Crippen LogP contribution in [0.1, 0.15) is 0 Å². The summed E-state index contributed by atoms with van der Waals surface area (Å²) in [6.45, 7) is 7.47. The van der Waals surface area contributed by atoms with Gasteiger partial charge in [-0.1, -0.05) is 19.7 Å². The van der Waals surface area contributed by atoms with Crippen LogP contribution in [0.25, 0.3) is 0 Å². The number of carboxylic acids is 3. The second-order valence-electron chi connectivity index (χ2n) is 10.3. The van der Waals surface area contributed by atoms with Crippen LogP contribution in [0.3, 0.4) is 0 Å². The SMILES string of the molecule is C=C(F)C(=O)O.C=C(F)C(=O)O.C=C(F)C(=O)O.FOC(F)(F)C12C(F)(F)C3(F)C(F)(F)C(C(F)(F)OF)(C1(F)F)C(F)(F)C(C(F)(F)OF)(C3(F)F)C2(F)F. The Morgan fingerprint density at radius 3 is 0.607 bits per heavy atom. The summed E-state index contributed by atoms with van der Waals surface area (Å²) in [6.07, 6.45) is -25.5.